The monoisotopic (exact) mass is 284 g/mol. The van der Waals surface area contributed by atoms with Gasteiger partial charge in [0.05, 0.1) is 17.0 Å². The summed E-state index contributed by atoms with van der Waals surface area (Å²) < 4.78 is 1.48. The molecular weight excluding hydrogens is 272 g/mol. The van der Waals surface area contributed by atoms with Crippen molar-refractivity contribution in [2.24, 2.45) is 7.05 Å². The van der Waals surface area contributed by atoms with Gasteiger partial charge in [-0.2, -0.15) is 5.10 Å². The first-order chi connectivity index (χ1) is 8.40. The number of rotatable bonds is 2. The summed E-state index contributed by atoms with van der Waals surface area (Å²) in [5.74, 6) is -0.278. The van der Waals surface area contributed by atoms with Crippen LogP contribution in [0, 0.1) is 20.8 Å². The zero-order valence-electron chi connectivity index (χ0n) is 10.5. The van der Waals surface area contributed by atoms with Crippen molar-refractivity contribution in [2.45, 2.75) is 20.8 Å². The fraction of sp³-hybridized carbons (Fsp3) is 0.364. The Hall–Kier alpha value is -1.40. The van der Waals surface area contributed by atoms with E-state index in [4.69, 9.17) is 11.6 Å². The molecule has 1 N–H and O–H groups in total. The highest BCUT2D eigenvalue weighted by Gasteiger charge is 2.20. The Labute approximate surface area is 114 Å². The zero-order valence-corrected chi connectivity index (χ0v) is 12.1. The van der Waals surface area contributed by atoms with Crippen LogP contribution in [0.15, 0.2) is 0 Å². The van der Waals surface area contributed by atoms with Crippen molar-refractivity contribution in [3.8, 4) is 0 Å². The Kier molecular flexibility index (Phi) is 3.41. The lowest BCUT2D eigenvalue weighted by atomic mass is 10.2. The number of thiazole rings is 1. The largest absolute Gasteiger partial charge is 0.298 e. The van der Waals surface area contributed by atoms with Crippen LogP contribution in [-0.4, -0.2) is 20.7 Å². The topological polar surface area (TPSA) is 59.8 Å². The molecule has 0 fully saturated rings. The van der Waals surface area contributed by atoms with Gasteiger partial charge in [-0.1, -0.05) is 11.6 Å². The molecule has 0 saturated carbocycles. The van der Waals surface area contributed by atoms with E-state index in [1.165, 1.54) is 16.0 Å². The molecule has 2 aromatic rings. The van der Waals surface area contributed by atoms with Gasteiger partial charge < -0.3 is 0 Å². The van der Waals surface area contributed by atoms with Gasteiger partial charge in [-0.05, 0) is 20.8 Å². The van der Waals surface area contributed by atoms with Crippen LogP contribution >= 0.6 is 22.9 Å². The van der Waals surface area contributed by atoms with E-state index in [1.54, 1.807) is 14.0 Å². The van der Waals surface area contributed by atoms with Crippen molar-refractivity contribution >= 4 is 34.0 Å². The first-order valence-corrected chi connectivity index (χ1v) is 6.54. The van der Waals surface area contributed by atoms with E-state index in [0.717, 1.165) is 10.6 Å². The second-order valence-electron chi connectivity index (χ2n) is 3.99. The molecule has 0 aliphatic heterocycles. The Balaban J connectivity index is 2.27. The van der Waals surface area contributed by atoms with Crippen molar-refractivity contribution in [1.29, 1.82) is 0 Å². The van der Waals surface area contributed by atoms with Crippen molar-refractivity contribution in [3.05, 3.63) is 27.0 Å². The minimum absolute atomic E-state index is 0.278. The number of hydrogen-bond donors (Lipinski definition) is 1. The quantitative estimate of drug-likeness (QED) is 0.922. The molecule has 0 radical (unpaired) electrons. The number of hydrogen-bond acceptors (Lipinski definition) is 4. The van der Waals surface area contributed by atoms with Crippen LogP contribution in [0.25, 0.3) is 0 Å². The van der Waals surface area contributed by atoms with Crippen LogP contribution in [0.2, 0.25) is 5.15 Å². The first kappa shape index (κ1) is 13.0. The lowest BCUT2D eigenvalue weighted by Crippen LogP contribution is -2.12. The third kappa shape index (κ3) is 2.26. The molecule has 5 nitrogen and oxygen atoms in total. The lowest BCUT2D eigenvalue weighted by Gasteiger charge is -2.00. The first-order valence-electron chi connectivity index (χ1n) is 5.34. The summed E-state index contributed by atoms with van der Waals surface area (Å²) in [6.45, 7) is 5.62. The Morgan fingerprint density at radius 3 is 2.44 bits per heavy atom. The summed E-state index contributed by atoms with van der Waals surface area (Å²) >= 11 is 7.48. The highest BCUT2D eigenvalue weighted by Crippen LogP contribution is 2.24. The average molecular weight is 285 g/mol. The van der Waals surface area contributed by atoms with E-state index in [-0.39, 0.29) is 5.91 Å². The highest BCUT2D eigenvalue weighted by atomic mass is 35.5. The van der Waals surface area contributed by atoms with Crippen molar-refractivity contribution in [2.75, 3.05) is 5.32 Å². The number of carbonyl (C=O) groups is 1. The summed E-state index contributed by atoms with van der Waals surface area (Å²) in [7, 11) is 1.70. The molecule has 0 atom stereocenters. The van der Waals surface area contributed by atoms with Crippen LogP contribution in [0.5, 0.6) is 0 Å². The summed E-state index contributed by atoms with van der Waals surface area (Å²) in [4.78, 5) is 17.4. The van der Waals surface area contributed by atoms with Crippen molar-refractivity contribution in [1.82, 2.24) is 14.8 Å². The van der Waals surface area contributed by atoms with Gasteiger partial charge in [-0.3, -0.25) is 14.8 Å². The maximum Gasteiger partial charge on any atom is 0.262 e. The number of halogens is 1. The summed E-state index contributed by atoms with van der Waals surface area (Å²) in [6, 6.07) is 0. The van der Waals surface area contributed by atoms with E-state index in [0.29, 0.717) is 21.5 Å². The molecule has 0 spiro atoms. The van der Waals surface area contributed by atoms with E-state index in [1.807, 2.05) is 13.8 Å². The van der Waals surface area contributed by atoms with Gasteiger partial charge in [0, 0.05) is 11.9 Å². The van der Waals surface area contributed by atoms with E-state index in [9.17, 15) is 4.79 Å². The minimum atomic E-state index is -0.278. The third-order valence-electron chi connectivity index (χ3n) is 2.63. The maximum absolute atomic E-state index is 12.1. The number of anilines is 1. The summed E-state index contributed by atoms with van der Waals surface area (Å²) in [5.41, 5.74) is 1.92. The second-order valence-corrected chi connectivity index (χ2v) is 5.55. The van der Waals surface area contributed by atoms with Gasteiger partial charge in [0.15, 0.2) is 5.13 Å². The number of amides is 1. The molecule has 1 amide bonds. The van der Waals surface area contributed by atoms with Crippen molar-refractivity contribution < 1.29 is 4.79 Å². The van der Waals surface area contributed by atoms with Crippen LogP contribution in [0.3, 0.4) is 0 Å². The molecule has 7 heteroatoms. The zero-order chi connectivity index (χ0) is 13.4. The van der Waals surface area contributed by atoms with Crippen LogP contribution < -0.4 is 5.32 Å². The predicted molar refractivity (Wildman–Crippen MR) is 72.5 cm³/mol. The fourth-order valence-corrected chi connectivity index (χ4v) is 2.64. The van der Waals surface area contributed by atoms with Gasteiger partial charge in [-0.15, -0.1) is 11.3 Å². The number of nitrogens with zero attached hydrogens (tertiary/aromatic N) is 3. The number of nitrogens with one attached hydrogen (secondary N) is 1. The molecular formula is C11H13ClN4OS. The lowest BCUT2D eigenvalue weighted by molar-refractivity contribution is 0.102. The van der Waals surface area contributed by atoms with Crippen LogP contribution in [0.4, 0.5) is 5.13 Å². The average Bonchev–Trinajstić information content (AvgIpc) is 2.69. The summed E-state index contributed by atoms with van der Waals surface area (Å²) in [5, 5.41) is 7.76. The fourth-order valence-electron chi connectivity index (χ4n) is 1.57. The van der Waals surface area contributed by atoms with Gasteiger partial charge in [0.2, 0.25) is 0 Å². The molecule has 0 unspecified atom stereocenters. The maximum atomic E-state index is 12.1. The minimum Gasteiger partial charge on any atom is -0.298 e. The molecule has 2 heterocycles. The van der Waals surface area contributed by atoms with E-state index in [2.05, 4.69) is 15.4 Å². The second kappa shape index (κ2) is 4.70. The van der Waals surface area contributed by atoms with Crippen LogP contribution in [0.1, 0.15) is 26.6 Å². The van der Waals surface area contributed by atoms with Gasteiger partial charge in [0.1, 0.15) is 5.15 Å². The molecule has 0 bridgehead atoms. The Bertz CT molecular complexity index is 597. The van der Waals surface area contributed by atoms with E-state index < -0.39 is 0 Å². The molecule has 2 aromatic heterocycles. The SMILES string of the molecule is Cc1nc(NC(=O)c2c(C)nn(C)c2Cl)sc1C. The third-order valence-corrected chi connectivity index (χ3v) is 4.05. The van der Waals surface area contributed by atoms with Gasteiger partial charge in [-0.25, -0.2) is 4.98 Å². The standard InChI is InChI=1S/C11H13ClN4OS/c1-5-7(3)18-11(13-5)14-10(17)8-6(2)15-16(4)9(8)12/h1-4H3,(H,13,14,17). The Morgan fingerprint density at radius 1 is 1.33 bits per heavy atom. The Morgan fingerprint density at radius 2 is 2.00 bits per heavy atom. The summed E-state index contributed by atoms with van der Waals surface area (Å²) in [6.07, 6.45) is 0. The van der Waals surface area contributed by atoms with E-state index >= 15 is 0 Å². The molecule has 96 valence electrons. The predicted octanol–water partition coefficient (Wildman–Crippen LogP) is 2.71. The molecule has 2 rings (SSSR count). The highest BCUT2D eigenvalue weighted by molar-refractivity contribution is 7.15. The molecule has 0 aliphatic carbocycles. The molecule has 18 heavy (non-hydrogen) atoms. The number of aromatic nitrogens is 3. The molecule has 0 saturated heterocycles. The number of carbonyl (C=O) groups excluding carboxylic acids is 1. The van der Waals surface area contributed by atoms with Gasteiger partial charge >= 0.3 is 0 Å². The molecule has 0 aromatic carbocycles. The van der Waals surface area contributed by atoms with Gasteiger partial charge in [0.25, 0.3) is 5.91 Å². The van der Waals surface area contributed by atoms with Crippen LogP contribution in [-0.2, 0) is 7.05 Å². The normalized spacial score (nSPS) is 10.7. The van der Waals surface area contributed by atoms with Crippen molar-refractivity contribution in [3.63, 3.8) is 0 Å². The molecule has 0 aliphatic rings. The number of aryl methyl sites for hydroxylation is 4. The smallest absolute Gasteiger partial charge is 0.262 e.